The van der Waals surface area contributed by atoms with Crippen molar-refractivity contribution in [1.29, 1.82) is 0 Å². The second kappa shape index (κ2) is 4.33. The average molecular weight is 261 g/mol. The maximum Gasteiger partial charge on any atom is 0.240 e. The minimum Gasteiger partial charge on any atom is -0.328 e. The van der Waals surface area contributed by atoms with Crippen molar-refractivity contribution in [1.82, 2.24) is 4.72 Å². The normalized spacial score (nSPS) is 25.1. The molecule has 1 aliphatic rings. The molecule has 0 bridgehead atoms. The van der Waals surface area contributed by atoms with Crippen LogP contribution in [0, 0.1) is 0 Å². The zero-order valence-electron chi connectivity index (χ0n) is 8.56. The number of hydrogen-bond acceptors (Lipinski definition) is 3. The Hall–Kier alpha value is -0.620. The first kappa shape index (κ1) is 11.9. The topological polar surface area (TPSA) is 72.2 Å². The third kappa shape index (κ3) is 2.55. The third-order valence-electron chi connectivity index (χ3n) is 2.62. The Bertz CT molecular complexity index is 466. The molecule has 0 heterocycles. The summed E-state index contributed by atoms with van der Waals surface area (Å²) in [6.45, 7) is 0. The molecule has 88 valence electrons. The summed E-state index contributed by atoms with van der Waals surface area (Å²) in [7, 11) is -3.42. The summed E-state index contributed by atoms with van der Waals surface area (Å²) in [4.78, 5) is 0.234. The van der Waals surface area contributed by atoms with Crippen LogP contribution in [0.5, 0.6) is 0 Å². The molecule has 0 unspecified atom stereocenters. The molecule has 4 nitrogen and oxygen atoms in total. The van der Waals surface area contributed by atoms with E-state index in [1.165, 1.54) is 12.1 Å². The number of nitrogens with two attached hydrogens (primary N) is 1. The quantitative estimate of drug-likeness (QED) is 0.855. The zero-order valence-corrected chi connectivity index (χ0v) is 10.1. The Morgan fingerprint density at radius 3 is 2.31 bits per heavy atom. The van der Waals surface area contributed by atoms with Crippen LogP contribution >= 0.6 is 11.6 Å². The molecule has 0 aliphatic heterocycles. The maximum absolute atomic E-state index is 11.9. The summed E-state index contributed by atoms with van der Waals surface area (Å²) in [5, 5.41) is 0.518. The fraction of sp³-hybridized carbons (Fsp3) is 0.400. The minimum absolute atomic E-state index is 0.0318. The van der Waals surface area contributed by atoms with Crippen LogP contribution in [0.15, 0.2) is 29.2 Å². The van der Waals surface area contributed by atoms with Crippen molar-refractivity contribution >= 4 is 21.6 Å². The largest absolute Gasteiger partial charge is 0.328 e. The molecule has 1 fully saturated rings. The van der Waals surface area contributed by atoms with Gasteiger partial charge in [-0.2, -0.15) is 0 Å². The van der Waals surface area contributed by atoms with E-state index in [4.69, 9.17) is 17.3 Å². The van der Waals surface area contributed by atoms with Crippen LogP contribution in [0.25, 0.3) is 0 Å². The molecule has 1 aromatic rings. The predicted octanol–water partition coefficient (Wildman–Crippen LogP) is 1.11. The molecular weight excluding hydrogens is 248 g/mol. The molecule has 3 N–H and O–H groups in total. The lowest BCUT2D eigenvalue weighted by atomic mass is 9.89. The molecule has 2 rings (SSSR count). The number of hydrogen-bond donors (Lipinski definition) is 2. The monoisotopic (exact) mass is 260 g/mol. The van der Waals surface area contributed by atoms with E-state index in [1.807, 2.05) is 0 Å². The summed E-state index contributed by atoms with van der Waals surface area (Å²) >= 11 is 5.69. The Balaban J connectivity index is 2.10. The highest BCUT2D eigenvalue weighted by molar-refractivity contribution is 7.89. The van der Waals surface area contributed by atoms with E-state index >= 15 is 0 Å². The van der Waals surface area contributed by atoms with Crippen LogP contribution in [-0.4, -0.2) is 20.5 Å². The standard InChI is InChI=1S/C10H13ClN2O2S/c11-7-1-3-10(4-2-7)16(14,15)13-9-5-8(12)6-9/h1-4,8-9,13H,5-6,12H2. The third-order valence-corrected chi connectivity index (χ3v) is 4.41. The summed E-state index contributed by atoms with van der Waals surface area (Å²) in [6.07, 6.45) is 1.40. The fourth-order valence-corrected chi connectivity index (χ4v) is 3.05. The van der Waals surface area contributed by atoms with Gasteiger partial charge in [0.2, 0.25) is 10.0 Å². The molecule has 1 saturated carbocycles. The van der Waals surface area contributed by atoms with Crippen molar-refractivity contribution in [2.24, 2.45) is 5.73 Å². The van der Waals surface area contributed by atoms with Gasteiger partial charge in [0.1, 0.15) is 0 Å². The van der Waals surface area contributed by atoms with Crippen molar-refractivity contribution < 1.29 is 8.42 Å². The molecule has 16 heavy (non-hydrogen) atoms. The minimum atomic E-state index is -3.42. The summed E-state index contributed by atoms with van der Waals surface area (Å²) in [5.41, 5.74) is 5.59. The highest BCUT2D eigenvalue weighted by Gasteiger charge is 2.30. The van der Waals surface area contributed by atoms with Gasteiger partial charge in [-0.15, -0.1) is 0 Å². The first-order valence-electron chi connectivity index (χ1n) is 5.01. The van der Waals surface area contributed by atoms with Crippen LogP contribution in [0.2, 0.25) is 5.02 Å². The molecule has 1 aromatic carbocycles. The van der Waals surface area contributed by atoms with Gasteiger partial charge in [-0.25, -0.2) is 13.1 Å². The molecule has 0 spiro atoms. The van der Waals surface area contributed by atoms with Gasteiger partial charge in [0.25, 0.3) is 0 Å². The first-order chi connectivity index (χ1) is 7.47. The lowest BCUT2D eigenvalue weighted by molar-refractivity contribution is 0.327. The van der Waals surface area contributed by atoms with E-state index in [1.54, 1.807) is 12.1 Å². The van der Waals surface area contributed by atoms with E-state index < -0.39 is 10.0 Å². The summed E-state index contributed by atoms with van der Waals surface area (Å²) in [6, 6.07) is 6.19. The van der Waals surface area contributed by atoms with Crippen molar-refractivity contribution in [2.45, 2.75) is 29.8 Å². The van der Waals surface area contributed by atoms with Gasteiger partial charge >= 0.3 is 0 Å². The molecule has 0 amide bonds. The van der Waals surface area contributed by atoms with E-state index in [0.29, 0.717) is 17.9 Å². The Kier molecular flexibility index (Phi) is 3.21. The molecule has 0 aromatic heterocycles. The lowest BCUT2D eigenvalue weighted by Gasteiger charge is -2.32. The lowest BCUT2D eigenvalue weighted by Crippen LogP contribution is -2.50. The van der Waals surface area contributed by atoms with Crippen LogP contribution < -0.4 is 10.5 Å². The van der Waals surface area contributed by atoms with Crippen LogP contribution in [-0.2, 0) is 10.0 Å². The number of halogens is 1. The van der Waals surface area contributed by atoms with Gasteiger partial charge in [-0.3, -0.25) is 0 Å². The Morgan fingerprint density at radius 1 is 1.25 bits per heavy atom. The molecule has 1 aliphatic carbocycles. The number of rotatable bonds is 3. The second-order valence-electron chi connectivity index (χ2n) is 4.00. The number of nitrogens with one attached hydrogen (secondary N) is 1. The van der Waals surface area contributed by atoms with E-state index in [0.717, 1.165) is 0 Å². The van der Waals surface area contributed by atoms with Gasteiger partial charge in [0.15, 0.2) is 0 Å². The van der Waals surface area contributed by atoms with Crippen LogP contribution in [0.3, 0.4) is 0 Å². The van der Waals surface area contributed by atoms with Crippen molar-refractivity contribution in [3.8, 4) is 0 Å². The van der Waals surface area contributed by atoms with Crippen LogP contribution in [0.4, 0.5) is 0 Å². The van der Waals surface area contributed by atoms with Crippen molar-refractivity contribution in [2.75, 3.05) is 0 Å². The SMILES string of the molecule is NC1CC(NS(=O)(=O)c2ccc(Cl)cc2)C1. The maximum atomic E-state index is 11.9. The highest BCUT2D eigenvalue weighted by Crippen LogP contribution is 2.21. The van der Waals surface area contributed by atoms with E-state index in [9.17, 15) is 8.42 Å². The predicted molar refractivity (Wildman–Crippen MR) is 62.8 cm³/mol. The summed E-state index contributed by atoms with van der Waals surface area (Å²) in [5.74, 6) is 0. The van der Waals surface area contributed by atoms with Gasteiger partial charge < -0.3 is 5.73 Å². The van der Waals surface area contributed by atoms with Crippen LogP contribution in [0.1, 0.15) is 12.8 Å². The number of benzene rings is 1. The van der Waals surface area contributed by atoms with E-state index in [-0.39, 0.29) is 17.0 Å². The molecule has 6 heteroatoms. The van der Waals surface area contributed by atoms with Gasteiger partial charge in [0.05, 0.1) is 4.90 Å². The smallest absolute Gasteiger partial charge is 0.240 e. The summed E-state index contributed by atoms with van der Waals surface area (Å²) < 4.78 is 26.3. The highest BCUT2D eigenvalue weighted by atomic mass is 35.5. The average Bonchev–Trinajstić information content (AvgIpc) is 2.15. The zero-order chi connectivity index (χ0) is 11.8. The fourth-order valence-electron chi connectivity index (χ4n) is 1.66. The van der Waals surface area contributed by atoms with Gasteiger partial charge in [-0.1, -0.05) is 11.6 Å². The Morgan fingerprint density at radius 2 is 1.81 bits per heavy atom. The van der Waals surface area contributed by atoms with Gasteiger partial charge in [-0.05, 0) is 37.1 Å². The van der Waals surface area contributed by atoms with Crippen molar-refractivity contribution in [3.63, 3.8) is 0 Å². The van der Waals surface area contributed by atoms with Gasteiger partial charge in [0, 0.05) is 17.1 Å². The molecule has 0 atom stereocenters. The molecular formula is C10H13ClN2O2S. The molecule has 0 radical (unpaired) electrons. The Labute approximate surface area is 99.8 Å². The first-order valence-corrected chi connectivity index (χ1v) is 6.87. The molecule has 0 saturated heterocycles. The second-order valence-corrected chi connectivity index (χ2v) is 6.15. The van der Waals surface area contributed by atoms with Crippen molar-refractivity contribution in [3.05, 3.63) is 29.3 Å². The van der Waals surface area contributed by atoms with E-state index in [2.05, 4.69) is 4.72 Å². The number of sulfonamides is 1.